The molecule has 0 spiro atoms. The number of carboxylic acid groups (broad SMARTS) is 1. The highest BCUT2D eigenvalue weighted by Gasteiger charge is 2.15. The highest BCUT2D eigenvalue weighted by Crippen LogP contribution is 2.19. The lowest BCUT2D eigenvalue weighted by Gasteiger charge is -2.19. The van der Waals surface area contributed by atoms with Crippen LogP contribution in [0.15, 0.2) is 29.1 Å². The van der Waals surface area contributed by atoms with E-state index in [9.17, 15) is 14.4 Å². The number of amides is 1. The Bertz CT molecular complexity index is 866. The van der Waals surface area contributed by atoms with Gasteiger partial charge in [-0.05, 0) is 44.4 Å². The number of aromatic nitrogens is 1. The second-order valence-corrected chi connectivity index (χ2v) is 6.72. The normalized spacial score (nSPS) is 11.2. The molecule has 0 aliphatic heterocycles. The number of rotatable bonds is 6. The first-order chi connectivity index (χ1) is 12.1. The number of benzene rings is 1. The summed E-state index contributed by atoms with van der Waals surface area (Å²) in [5.41, 5.74) is -0.264. The van der Waals surface area contributed by atoms with Crippen LogP contribution in [0.4, 0.5) is 4.79 Å². The van der Waals surface area contributed by atoms with Gasteiger partial charge in [-0.1, -0.05) is 0 Å². The van der Waals surface area contributed by atoms with Crippen LogP contribution < -0.4 is 15.6 Å². The van der Waals surface area contributed by atoms with Crippen molar-refractivity contribution >= 4 is 23.0 Å². The van der Waals surface area contributed by atoms with Crippen molar-refractivity contribution in [1.82, 2.24) is 10.3 Å². The van der Waals surface area contributed by atoms with E-state index in [1.807, 2.05) is 0 Å². The van der Waals surface area contributed by atoms with Gasteiger partial charge in [0, 0.05) is 11.6 Å². The summed E-state index contributed by atoms with van der Waals surface area (Å²) in [4.78, 5) is 36.8. The number of carbonyl (C=O) groups is 2. The van der Waals surface area contributed by atoms with E-state index < -0.39 is 23.2 Å². The van der Waals surface area contributed by atoms with Crippen LogP contribution in [0.3, 0.4) is 0 Å². The lowest BCUT2D eigenvalue weighted by Crippen LogP contribution is -2.34. The summed E-state index contributed by atoms with van der Waals surface area (Å²) < 4.78 is 10.7. The van der Waals surface area contributed by atoms with Crippen molar-refractivity contribution in [3.63, 3.8) is 0 Å². The third kappa shape index (κ3) is 5.80. The summed E-state index contributed by atoms with van der Waals surface area (Å²) >= 11 is 0. The van der Waals surface area contributed by atoms with Crippen molar-refractivity contribution < 1.29 is 24.2 Å². The average molecular weight is 362 g/mol. The molecule has 26 heavy (non-hydrogen) atoms. The topological polar surface area (TPSA) is 118 Å². The summed E-state index contributed by atoms with van der Waals surface area (Å²) in [5.74, 6) is -0.544. The molecule has 1 aromatic carbocycles. The molecule has 0 saturated heterocycles. The minimum atomic E-state index is -1.06. The molecule has 1 aromatic heterocycles. The highest BCUT2D eigenvalue weighted by molar-refractivity contribution is 5.81. The van der Waals surface area contributed by atoms with E-state index in [1.54, 1.807) is 45.0 Å². The number of nitrogens with one attached hydrogen (secondary N) is 2. The van der Waals surface area contributed by atoms with Gasteiger partial charge in [0.25, 0.3) is 5.56 Å². The molecule has 0 bridgehead atoms. The summed E-state index contributed by atoms with van der Waals surface area (Å²) in [6, 6.07) is 6.64. The van der Waals surface area contributed by atoms with Gasteiger partial charge in [0.05, 0.1) is 18.5 Å². The van der Waals surface area contributed by atoms with E-state index in [1.165, 1.54) is 0 Å². The summed E-state index contributed by atoms with van der Waals surface area (Å²) in [7, 11) is 0. The molecule has 2 aromatic rings. The maximum atomic E-state index is 11.9. The van der Waals surface area contributed by atoms with Crippen molar-refractivity contribution in [2.75, 3.05) is 13.2 Å². The average Bonchev–Trinajstić information content (AvgIpc) is 2.50. The van der Waals surface area contributed by atoms with E-state index >= 15 is 0 Å². The van der Waals surface area contributed by atoms with E-state index in [2.05, 4.69) is 10.3 Å². The Kier molecular flexibility index (Phi) is 5.86. The zero-order chi connectivity index (χ0) is 19.3. The number of ether oxygens (including phenoxy) is 2. The molecule has 0 saturated carbocycles. The minimum Gasteiger partial charge on any atom is -0.492 e. The number of aliphatic carboxylic acids is 1. The molecule has 3 N–H and O–H groups in total. The van der Waals surface area contributed by atoms with Crippen LogP contribution in [0, 0.1) is 0 Å². The third-order valence-corrected chi connectivity index (χ3v) is 3.28. The first-order valence-electron chi connectivity index (χ1n) is 8.11. The van der Waals surface area contributed by atoms with Crippen molar-refractivity contribution in [3.05, 3.63) is 40.2 Å². The van der Waals surface area contributed by atoms with Crippen LogP contribution in [0.25, 0.3) is 10.9 Å². The smallest absolute Gasteiger partial charge is 0.407 e. The molecule has 0 radical (unpaired) electrons. The number of aromatic amines is 1. The Labute approximate surface area is 150 Å². The van der Waals surface area contributed by atoms with Crippen LogP contribution in [0.1, 0.15) is 26.3 Å². The quantitative estimate of drug-likeness (QED) is 0.677. The molecule has 0 atom stereocenters. The van der Waals surface area contributed by atoms with Gasteiger partial charge in [-0.3, -0.25) is 9.59 Å². The fourth-order valence-electron chi connectivity index (χ4n) is 2.25. The Balaban J connectivity index is 1.96. The van der Waals surface area contributed by atoms with Gasteiger partial charge in [-0.2, -0.15) is 0 Å². The Morgan fingerprint density at radius 3 is 2.62 bits per heavy atom. The molecule has 1 heterocycles. The van der Waals surface area contributed by atoms with Gasteiger partial charge < -0.3 is 24.9 Å². The predicted molar refractivity (Wildman–Crippen MR) is 95.6 cm³/mol. The van der Waals surface area contributed by atoms with Crippen LogP contribution in [-0.4, -0.2) is 40.9 Å². The fourth-order valence-corrected chi connectivity index (χ4v) is 2.25. The zero-order valence-corrected chi connectivity index (χ0v) is 14.9. The summed E-state index contributed by atoms with van der Waals surface area (Å²) in [5, 5.41) is 12.1. The highest BCUT2D eigenvalue weighted by atomic mass is 16.6. The SMILES string of the molecule is CC(C)(C)OC(=O)NCCOc1ccc2cc(CC(=O)O)c(=O)[nH]c2c1. The molecule has 140 valence electrons. The van der Waals surface area contributed by atoms with Gasteiger partial charge in [0.2, 0.25) is 0 Å². The zero-order valence-electron chi connectivity index (χ0n) is 14.9. The maximum absolute atomic E-state index is 11.9. The number of hydrogen-bond donors (Lipinski definition) is 3. The van der Waals surface area contributed by atoms with E-state index in [-0.39, 0.29) is 25.1 Å². The van der Waals surface area contributed by atoms with Crippen LogP contribution >= 0.6 is 0 Å². The van der Waals surface area contributed by atoms with Gasteiger partial charge in [-0.25, -0.2) is 4.79 Å². The Morgan fingerprint density at radius 1 is 1.23 bits per heavy atom. The number of alkyl carbamates (subject to hydrolysis) is 1. The van der Waals surface area contributed by atoms with Gasteiger partial charge in [0.1, 0.15) is 18.0 Å². The minimum absolute atomic E-state index is 0.195. The Morgan fingerprint density at radius 2 is 1.96 bits per heavy atom. The monoisotopic (exact) mass is 362 g/mol. The molecule has 0 fully saturated rings. The predicted octanol–water partition coefficient (Wildman–Crippen LogP) is 2.06. The number of pyridine rings is 1. The second kappa shape index (κ2) is 7.90. The van der Waals surface area contributed by atoms with Crippen molar-refractivity contribution in [2.45, 2.75) is 32.8 Å². The molecule has 0 unspecified atom stereocenters. The van der Waals surface area contributed by atoms with Crippen molar-refractivity contribution in [3.8, 4) is 5.75 Å². The van der Waals surface area contributed by atoms with Gasteiger partial charge in [0.15, 0.2) is 0 Å². The van der Waals surface area contributed by atoms with Crippen molar-refractivity contribution in [2.24, 2.45) is 0 Å². The molecule has 8 heteroatoms. The lowest BCUT2D eigenvalue weighted by molar-refractivity contribution is -0.136. The maximum Gasteiger partial charge on any atom is 0.407 e. The fraction of sp³-hybridized carbons (Fsp3) is 0.389. The lowest BCUT2D eigenvalue weighted by atomic mass is 10.1. The third-order valence-electron chi connectivity index (χ3n) is 3.28. The molecular formula is C18H22N2O6. The molecular weight excluding hydrogens is 340 g/mol. The standard InChI is InChI=1S/C18H22N2O6/c1-18(2,3)26-17(24)19-6-7-25-13-5-4-11-8-12(9-15(21)22)16(23)20-14(11)10-13/h4-5,8,10H,6-7,9H2,1-3H3,(H,19,24)(H,20,23)(H,21,22). The van der Waals surface area contributed by atoms with E-state index in [4.69, 9.17) is 14.6 Å². The Hall–Kier alpha value is -3.03. The number of carbonyl (C=O) groups excluding carboxylic acids is 1. The molecule has 0 aliphatic carbocycles. The van der Waals surface area contributed by atoms with Gasteiger partial charge >= 0.3 is 12.1 Å². The summed E-state index contributed by atoms with van der Waals surface area (Å²) in [6.07, 6.45) is -0.852. The summed E-state index contributed by atoms with van der Waals surface area (Å²) in [6.45, 7) is 5.83. The molecule has 1 amide bonds. The first-order valence-corrected chi connectivity index (χ1v) is 8.11. The molecule has 0 aliphatic rings. The number of fused-ring (bicyclic) bond motifs is 1. The van der Waals surface area contributed by atoms with Crippen LogP contribution in [-0.2, 0) is 16.0 Å². The number of carboxylic acids is 1. The van der Waals surface area contributed by atoms with E-state index in [0.29, 0.717) is 16.7 Å². The molecule has 8 nitrogen and oxygen atoms in total. The van der Waals surface area contributed by atoms with Gasteiger partial charge in [-0.15, -0.1) is 0 Å². The van der Waals surface area contributed by atoms with Crippen LogP contribution in [0.5, 0.6) is 5.75 Å². The van der Waals surface area contributed by atoms with Crippen molar-refractivity contribution in [1.29, 1.82) is 0 Å². The molecule has 2 rings (SSSR count). The number of hydrogen-bond acceptors (Lipinski definition) is 5. The van der Waals surface area contributed by atoms with Crippen LogP contribution in [0.2, 0.25) is 0 Å². The second-order valence-electron chi connectivity index (χ2n) is 6.72. The first kappa shape index (κ1) is 19.3. The largest absolute Gasteiger partial charge is 0.492 e. The van der Waals surface area contributed by atoms with E-state index in [0.717, 1.165) is 0 Å². The number of H-pyrrole nitrogens is 1.